The van der Waals surface area contributed by atoms with E-state index in [0.29, 0.717) is 5.92 Å². The van der Waals surface area contributed by atoms with Crippen LogP contribution in [-0.2, 0) is 0 Å². The second kappa shape index (κ2) is 4.77. The fraction of sp³-hybridized carbons (Fsp3) is 0.857. The van der Waals surface area contributed by atoms with Gasteiger partial charge in [-0.2, -0.15) is 0 Å². The van der Waals surface area contributed by atoms with Gasteiger partial charge in [-0.1, -0.05) is 20.8 Å². The van der Waals surface area contributed by atoms with Gasteiger partial charge < -0.3 is 5.73 Å². The van der Waals surface area contributed by atoms with Crippen LogP contribution < -0.4 is 11.1 Å². The van der Waals surface area contributed by atoms with Gasteiger partial charge in [0, 0.05) is 0 Å². The minimum Gasteiger partial charge on any atom is -0.311 e. The van der Waals surface area contributed by atoms with Crippen molar-refractivity contribution in [2.75, 3.05) is 6.54 Å². The molecule has 0 heterocycles. The number of rotatable bonds is 4. The number of hydrogen-bond acceptors (Lipinski definition) is 2. The Bertz CT molecular complexity index is 61.9. The molecule has 0 aromatic rings. The summed E-state index contributed by atoms with van der Waals surface area (Å²) in [6.45, 7) is 7.29. The monoisotopic (exact) mass is 129 g/mol. The van der Waals surface area contributed by atoms with Crippen LogP contribution >= 0.6 is 0 Å². The highest BCUT2D eigenvalue weighted by Gasteiger charge is 2.02. The van der Waals surface area contributed by atoms with Gasteiger partial charge >= 0.3 is 0 Å². The molecule has 0 bridgehead atoms. The Morgan fingerprint density at radius 1 is 1.56 bits per heavy atom. The Hall–Kier alpha value is -0.0800. The van der Waals surface area contributed by atoms with Gasteiger partial charge in [0.2, 0.25) is 0 Å². The summed E-state index contributed by atoms with van der Waals surface area (Å²) in [5, 5.41) is 3.07. The summed E-state index contributed by atoms with van der Waals surface area (Å²) in [6, 6.07) is 0. The van der Waals surface area contributed by atoms with Gasteiger partial charge in [-0.3, -0.25) is 5.32 Å². The molecule has 0 aliphatic carbocycles. The van der Waals surface area contributed by atoms with E-state index in [1.54, 1.807) is 0 Å². The van der Waals surface area contributed by atoms with E-state index in [1.165, 1.54) is 0 Å². The first-order chi connectivity index (χ1) is 4.16. The molecule has 55 valence electrons. The van der Waals surface area contributed by atoms with Crippen LogP contribution in [0, 0.1) is 12.1 Å². The van der Waals surface area contributed by atoms with Crippen molar-refractivity contribution in [3.05, 3.63) is 6.17 Å². The Kier molecular flexibility index (Phi) is 4.72. The zero-order valence-electron chi connectivity index (χ0n) is 6.57. The third-order valence-electron chi connectivity index (χ3n) is 1.03. The molecule has 1 radical (unpaired) electrons. The highest BCUT2D eigenvalue weighted by molar-refractivity contribution is 4.78. The summed E-state index contributed by atoms with van der Waals surface area (Å²) < 4.78 is 0. The molecule has 0 aliphatic heterocycles. The summed E-state index contributed by atoms with van der Waals surface area (Å²) in [4.78, 5) is 0. The molecular formula is C7H17N2. The van der Waals surface area contributed by atoms with Crippen LogP contribution in [-0.4, -0.2) is 6.54 Å². The molecule has 3 N–H and O–H groups in total. The summed E-state index contributed by atoms with van der Waals surface area (Å²) in [5.41, 5.74) is 5.59. The van der Waals surface area contributed by atoms with E-state index in [0.717, 1.165) is 19.1 Å². The minimum absolute atomic E-state index is 0.657. The van der Waals surface area contributed by atoms with Crippen molar-refractivity contribution in [1.82, 2.24) is 5.32 Å². The lowest BCUT2D eigenvalue weighted by Crippen LogP contribution is -2.29. The SMILES string of the molecule is CCN[C](N)CC(C)C. The predicted octanol–water partition coefficient (Wildman–Crippen LogP) is 1.09. The molecule has 2 nitrogen and oxygen atoms in total. The third-order valence-corrected chi connectivity index (χ3v) is 1.03. The van der Waals surface area contributed by atoms with Crippen LogP contribution in [0.2, 0.25) is 0 Å². The standard InChI is InChI=1S/C7H17N2/c1-4-9-7(8)5-6(2)3/h6,9H,4-5,8H2,1-3H3. The van der Waals surface area contributed by atoms with Gasteiger partial charge in [-0.15, -0.1) is 0 Å². The lowest BCUT2D eigenvalue weighted by Gasteiger charge is -2.12. The van der Waals surface area contributed by atoms with Crippen LogP contribution in [0.25, 0.3) is 0 Å². The Labute approximate surface area is 57.8 Å². The summed E-state index contributed by atoms with van der Waals surface area (Å²) in [7, 11) is 0. The quantitative estimate of drug-likeness (QED) is 0.596. The molecule has 0 aliphatic rings. The Balaban J connectivity index is 3.15. The van der Waals surface area contributed by atoms with E-state index in [1.807, 2.05) is 6.92 Å². The highest BCUT2D eigenvalue weighted by Crippen LogP contribution is 2.04. The third kappa shape index (κ3) is 5.80. The molecule has 0 saturated heterocycles. The van der Waals surface area contributed by atoms with Gasteiger partial charge in [0.25, 0.3) is 0 Å². The van der Waals surface area contributed by atoms with Crippen LogP contribution in [0.15, 0.2) is 0 Å². The maximum atomic E-state index is 5.59. The van der Waals surface area contributed by atoms with Gasteiger partial charge in [0.05, 0.1) is 6.17 Å². The minimum atomic E-state index is 0.657. The Morgan fingerprint density at radius 2 is 2.11 bits per heavy atom. The molecule has 2 heteroatoms. The van der Waals surface area contributed by atoms with Gasteiger partial charge in [-0.25, -0.2) is 0 Å². The van der Waals surface area contributed by atoms with Crippen LogP contribution in [0.1, 0.15) is 27.2 Å². The maximum absolute atomic E-state index is 5.59. The molecule has 0 rings (SSSR count). The second-order valence-corrected chi connectivity index (χ2v) is 2.65. The first-order valence-electron chi connectivity index (χ1n) is 3.52. The van der Waals surface area contributed by atoms with Gasteiger partial charge in [0.15, 0.2) is 0 Å². The van der Waals surface area contributed by atoms with E-state index >= 15 is 0 Å². The van der Waals surface area contributed by atoms with Crippen molar-refractivity contribution >= 4 is 0 Å². The molecule has 0 atom stereocenters. The average molecular weight is 129 g/mol. The number of nitrogens with two attached hydrogens (primary N) is 1. The molecule has 0 saturated carbocycles. The fourth-order valence-electron chi connectivity index (χ4n) is 0.739. The van der Waals surface area contributed by atoms with E-state index in [-0.39, 0.29) is 0 Å². The fourth-order valence-corrected chi connectivity index (χ4v) is 0.739. The highest BCUT2D eigenvalue weighted by atomic mass is 15.0. The molecule has 9 heavy (non-hydrogen) atoms. The summed E-state index contributed by atoms with van der Waals surface area (Å²) in [6.07, 6.45) is 1.89. The van der Waals surface area contributed by atoms with E-state index in [2.05, 4.69) is 19.2 Å². The smallest absolute Gasteiger partial charge is 0.0985 e. The zero-order valence-corrected chi connectivity index (χ0v) is 6.57. The van der Waals surface area contributed by atoms with Crippen molar-refractivity contribution in [2.24, 2.45) is 11.7 Å². The second-order valence-electron chi connectivity index (χ2n) is 2.65. The van der Waals surface area contributed by atoms with Crippen LogP contribution in [0.3, 0.4) is 0 Å². The Morgan fingerprint density at radius 3 is 2.44 bits per heavy atom. The molecule has 0 fully saturated rings. The van der Waals surface area contributed by atoms with Crippen molar-refractivity contribution in [1.29, 1.82) is 0 Å². The number of nitrogens with one attached hydrogen (secondary N) is 1. The first kappa shape index (κ1) is 8.92. The molecule has 0 aromatic carbocycles. The van der Waals surface area contributed by atoms with Gasteiger partial charge in [0.1, 0.15) is 0 Å². The molecule has 0 amide bonds. The van der Waals surface area contributed by atoms with Crippen molar-refractivity contribution in [2.45, 2.75) is 27.2 Å². The largest absolute Gasteiger partial charge is 0.311 e. The predicted molar refractivity (Wildman–Crippen MR) is 40.6 cm³/mol. The van der Waals surface area contributed by atoms with E-state index in [9.17, 15) is 0 Å². The van der Waals surface area contributed by atoms with E-state index in [4.69, 9.17) is 5.73 Å². The molecule has 0 spiro atoms. The maximum Gasteiger partial charge on any atom is 0.0985 e. The van der Waals surface area contributed by atoms with Crippen molar-refractivity contribution in [3.8, 4) is 0 Å². The lowest BCUT2D eigenvalue weighted by atomic mass is 10.1. The van der Waals surface area contributed by atoms with Gasteiger partial charge in [-0.05, 0) is 18.9 Å². The average Bonchev–Trinajstić information content (AvgIpc) is 1.63. The van der Waals surface area contributed by atoms with Crippen LogP contribution in [0.5, 0.6) is 0 Å². The van der Waals surface area contributed by atoms with Crippen molar-refractivity contribution in [3.63, 3.8) is 0 Å². The first-order valence-corrected chi connectivity index (χ1v) is 3.52. The van der Waals surface area contributed by atoms with Crippen molar-refractivity contribution < 1.29 is 0 Å². The van der Waals surface area contributed by atoms with Crippen LogP contribution in [0.4, 0.5) is 0 Å². The van der Waals surface area contributed by atoms with E-state index < -0.39 is 0 Å². The normalized spacial score (nSPS) is 11.3. The lowest BCUT2D eigenvalue weighted by molar-refractivity contribution is 0.533. The molecular weight excluding hydrogens is 112 g/mol. The topological polar surface area (TPSA) is 38.0 Å². The summed E-state index contributed by atoms with van der Waals surface area (Å²) in [5.74, 6) is 0.657. The number of hydrogen-bond donors (Lipinski definition) is 2. The summed E-state index contributed by atoms with van der Waals surface area (Å²) >= 11 is 0. The molecule has 0 unspecified atom stereocenters. The molecule has 0 aromatic heterocycles. The zero-order chi connectivity index (χ0) is 7.28.